The largest absolute Gasteiger partial charge is 0.247 e. The highest BCUT2D eigenvalue weighted by Crippen LogP contribution is 2.43. The summed E-state index contributed by atoms with van der Waals surface area (Å²) >= 11 is 0. The van der Waals surface area contributed by atoms with Crippen LogP contribution in [0.4, 0.5) is 0 Å². The molecule has 2 aromatic heterocycles. The Hall–Kier alpha value is -9.31. The van der Waals surface area contributed by atoms with E-state index in [-0.39, 0.29) is 0 Å². The monoisotopic (exact) mass is 889 g/mol. The smallest absolute Gasteiger partial charge is 0.160 e. The number of pyridine rings is 1. The van der Waals surface area contributed by atoms with Crippen molar-refractivity contribution in [2.24, 2.45) is 0 Å². The third-order valence-corrected chi connectivity index (χ3v) is 13.7. The summed E-state index contributed by atoms with van der Waals surface area (Å²) in [5, 5.41) is 8.34. The molecule has 0 aliphatic rings. The molecule has 3 nitrogen and oxygen atoms in total. The van der Waals surface area contributed by atoms with Crippen LogP contribution in [0, 0.1) is 0 Å². The second-order valence-electron chi connectivity index (χ2n) is 17.9. The van der Waals surface area contributed by atoms with Crippen molar-refractivity contribution >= 4 is 43.2 Å². The van der Waals surface area contributed by atoms with Crippen LogP contribution < -0.4 is 0 Å². The van der Waals surface area contributed by atoms with Crippen LogP contribution in [0.3, 0.4) is 0 Å². The zero-order chi connectivity index (χ0) is 46.4. The zero-order valence-electron chi connectivity index (χ0n) is 38.2. The number of hydrogen-bond acceptors (Lipinski definition) is 3. The van der Waals surface area contributed by atoms with E-state index in [0.29, 0.717) is 5.82 Å². The third-order valence-electron chi connectivity index (χ3n) is 13.7. The predicted octanol–water partition coefficient (Wildman–Crippen LogP) is 17.8. The van der Waals surface area contributed by atoms with E-state index in [1.165, 1.54) is 43.6 Å². The molecule has 0 amide bonds. The van der Waals surface area contributed by atoms with Crippen LogP contribution in [-0.4, -0.2) is 15.0 Å². The molecule has 0 N–H and O–H groups in total. The number of para-hydroxylation sites is 1. The van der Waals surface area contributed by atoms with Crippen molar-refractivity contribution in [3.63, 3.8) is 0 Å². The lowest BCUT2D eigenvalue weighted by Crippen LogP contribution is -1.96. The maximum Gasteiger partial charge on any atom is 0.160 e. The molecule has 326 valence electrons. The molecule has 0 bridgehead atoms. The van der Waals surface area contributed by atoms with Crippen molar-refractivity contribution in [1.82, 2.24) is 15.0 Å². The Labute approximate surface area is 406 Å². The van der Waals surface area contributed by atoms with Gasteiger partial charge in [0.1, 0.15) is 0 Å². The highest BCUT2D eigenvalue weighted by atomic mass is 14.9. The molecule has 0 unspecified atom stereocenters. The number of benzene rings is 11. The minimum Gasteiger partial charge on any atom is -0.247 e. The Balaban J connectivity index is 0.926. The average molecular weight is 890 g/mol. The first-order chi connectivity index (χ1) is 34.7. The van der Waals surface area contributed by atoms with E-state index in [4.69, 9.17) is 15.0 Å². The van der Waals surface area contributed by atoms with E-state index in [2.05, 4.69) is 249 Å². The first-order valence-corrected chi connectivity index (χ1v) is 23.8. The summed E-state index contributed by atoms with van der Waals surface area (Å²) in [6.07, 6.45) is 0. The predicted molar refractivity (Wildman–Crippen MR) is 293 cm³/mol. The second kappa shape index (κ2) is 17.4. The van der Waals surface area contributed by atoms with Gasteiger partial charge in [0, 0.05) is 38.4 Å². The summed E-state index contributed by atoms with van der Waals surface area (Å²) < 4.78 is 0. The first kappa shape index (κ1) is 40.9. The molecule has 13 rings (SSSR count). The molecule has 70 heavy (non-hydrogen) atoms. The maximum atomic E-state index is 5.40. The second-order valence-corrected chi connectivity index (χ2v) is 17.9. The first-order valence-electron chi connectivity index (χ1n) is 23.8. The summed E-state index contributed by atoms with van der Waals surface area (Å²) in [4.78, 5) is 15.9. The molecule has 0 aliphatic heterocycles. The fourth-order valence-corrected chi connectivity index (χ4v) is 10.1. The van der Waals surface area contributed by atoms with Gasteiger partial charge in [0.05, 0.1) is 22.6 Å². The third kappa shape index (κ3) is 7.56. The standard InChI is InChI=1S/C67H43N3/c1-3-15-44(16-4-1)47-29-34-49(35-30-47)63-43-64(70-67(69-63)50-36-31-48(32-37-50)45-17-5-2-6-18-45)55-24-14-22-53(40-55)52-21-13-23-54(39-52)60-42-61-65(58-26-10-9-25-57(58)60)59-27-11-12-28-62(59)68-66(61)56-38-33-46-19-7-8-20-51(46)41-56/h1-43H. The van der Waals surface area contributed by atoms with Gasteiger partial charge >= 0.3 is 0 Å². The molecular formula is C67H43N3. The summed E-state index contributed by atoms with van der Waals surface area (Å²) in [5.41, 5.74) is 17.0. The van der Waals surface area contributed by atoms with Crippen molar-refractivity contribution in [2.45, 2.75) is 0 Å². The Morgan fingerprint density at radius 2 is 0.714 bits per heavy atom. The summed E-state index contributed by atoms with van der Waals surface area (Å²) in [6, 6.07) is 93.1. The highest BCUT2D eigenvalue weighted by molar-refractivity contribution is 6.25. The molecule has 0 atom stereocenters. The van der Waals surface area contributed by atoms with Crippen LogP contribution >= 0.6 is 0 Å². The molecule has 0 radical (unpaired) electrons. The fraction of sp³-hybridized carbons (Fsp3) is 0. The van der Waals surface area contributed by atoms with E-state index in [1.807, 2.05) is 12.1 Å². The quantitative estimate of drug-likeness (QED) is 0.143. The van der Waals surface area contributed by atoms with Gasteiger partial charge in [-0.25, -0.2) is 15.0 Å². The van der Waals surface area contributed by atoms with Gasteiger partial charge in [0.25, 0.3) is 0 Å². The summed E-state index contributed by atoms with van der Waals surface area (Å²) in [6.45, 7) is 0. The average Bonchev–Trinajstić information content (AvgIpc) is 3.45. The van der Waals surface area contributed by atoms with E-state index in [0.717, 1.165) is 83.4 Å². The van der Waals surface area contributed by atoms with Crippen LogP contribution in [0.2, 0.25) is 0 Å². The van der Waals surface area contributed by atoms with Gasteiger partial charge in [-0.2, -0.15) is 0 Å². The van der Waals surface area contributed by atoms with Gasteiger partial charge in [0.2, 0.25) is 0 Å². The molecule has 0 saturated carbocycles. The maximum absolute atomic E-state index is 5.40. The zero-order valence-corrected chi connectivity index (χ0v) is 38.2. The summed E-state index contributed by atoms with van der Waals surface area (Å²) in [7, 11) is 0. The lowest BCUT2D eigenvalue weighted by atomic mass is 9.89. The molecule has 2 heterocycles. The van der Waals surface area contributed by atoms with E-state index in [1.54, 1.807) is 0 Å². The number of aromatic nitrogens is 3. The fourth-order valence-electron chi connectivity index (χ4n) is 10.1. The van der Waals surface area contributed by atoms with Gasteiger partial charge in [-0.15, -0.1) is 0 Å². The number of fused-ring (bicyclic) bond motifs is 6. The Morgan fingerprint density at radius 3 is 1.41 bits per heavy atom. The highest BCUT2D eigenvalue weighted by Gasteiger charge is 2.18. The van der Waals surface area contributed by atoms with Crippen LogP contribution in [-0.2, 0) is 0 Å². The van der Waals surface area contributed by atoms with E-state index < -0.39 is 0 Å². The van der Waals surface area contributed by atoms with Gasteiger partial charge in [0.15, 0.2) is 5.82 Å². The molecule has 13 aromatic rings. The Bertz CT molecular complexity index is 3990. The van der Waals surface area contributed by atoms with Gasteiger partial charge in [-0.05, 0) is 102 Å². The Morgan fingerprint density at radius 1 is 0.229 bits per heavy atom. The normalized spacial score (nSPS) is 11.4. The van der Waals surface area contributed by atoms with Crippen molar-refractivity contribution in [2.75, 3.05) is 0 Å². The lowest BCUT2D eigenvalue weighted by molar-refractivity contribution is 1.18. The van der Waals surface area contributed by atoms with Crippen molar-refractivity contribution in [3.05, 3.63) is 261 Å². The van der Waals surface area contributed by atoms with Crippen molar-refractivity contribution in [1.29, 1.82) is 0 Å². The van der Waals surface area contributed by atoms with Gasteiger partial charge in [-0.1, -0.05) is 224 Å². The lowest BCUT2D eigenvalue weighted by Gasteiger charge is -2.17. The minimum absolute atomic E-state index is 0.681. The van der Waals surface area contributed by atoms with E-state index in [9.17, 15) is 0 Å². The molecule has 0 aliphatic carbocycles. The SMILES string of the molecule is c1ccc(-c2ccc(-c3cc(-c4cccc(-c5cccc(-c6cc7c(-c8ccc9ccccc9c8)nc8ccccc8c7c7ccccc67)c5)c4)nc(-c4ccc(-c5ccccc5)cc4)n3)cc2)cc1. The van der Waals surface area contributed by atoms with Crippen LogP contribution in [0.1, 0.15) is 0 Å². The molecule has 0 spiro atoms. The minimum atomic E-state index is 0.681. The van der Waals surface area contributed by atoms with E-state index >= 15 is 0 Å². The topological polar surface area (TPSA) is 38.7 Å². The van der Waals surface area contributed by atoms with Gasteiger partial charge in [-0.3, -0.25) is 0 Å². The molecule has 0 saturated heterocycles. The number of hydrogen-bond donors (Lipinski definition) is 0. The van der Waals surface area contributed by atoms with Crippen molar-refractivity contribution in [3.8, 4) is 89.7 Å². The molecule has 3 heteroatoms. The van der Waals surface area contributed by atoms with Crippen LogP contribution in [0.5, 0.6) is 0 Å². The number of nitrogens with zero attached hydrogens (tertiary/aromatic N) is 3. The summed E-state index contributed by atoms with van der Waals surface area (Å²) in [5.74, 6) is 0.681. The Kier molecular flexibility index (Phi) is 10.2. The van der Waals surface area contributed by atoms with Crippen LogP contribution in [0.15, 0.2) is 261 Å². The molecule has 11 aromatic carbocycles. The number of rotatable bonds is 8. The molecular weight excluding hydrogens is 847 g/mol. The van der Waals surface area contributed by atoms with Crippen molar-refractivity contribution < 1.29 is 0 Å². The molecule has 0 fully saturated rings. The van der Waals surface area contributed by atoms with Crippen LogP contribution in [0.25, 0.3) is 133 Å². The van der Waals surface area contributed by atoms with Gasteiger partial charge < -0.3 is 0 Å².